The van der Waals surface area contributed by atoms with Gasteiger partial charge in [-0.1, -0.05) is 11.6 Å². The summed E-state index contributed by atoms with van der Waals surface area (Å²) >= 11 is 8.19. The Labute approximate surface area is 195 Å². The molecule has 1 unspecified atom stereocenters. The van der Waals surface area contributed by atoms with Gasteiger partial charge in [0.15, 0.2) is 17.3 Å². The largest absolute Gasteiger partial charge is 0.495 e. The topological polar surface area (TPSA) is 82.7 Å². The minimum Gasteiger partial charge on any atom is -0.495 e. The lowest BCUT2D eigenvalue weighted by molar-refractivity contribution is 0.140. The van der Waals surface area contributed by atoms with Gasteiger partial charge in [-0.2, -0.15) is 5.10 Å². The van der Waals surface area contributed by atoms with Crippen molar-refractivity contribution in [2.75, 3.05) is 12.4 Å². The third-order valence-corrected chi connectivity index (χ3v) is 6.74. The molecule has 1 N–H and O–H groups in total. The van der Waals surface area contributed by atoms with Crippen molar-refractivity contribution in [2.45, 2.75) is 13.3 Å². The predicted octanol–water partition coefficient (Wildman–Crippen LogP) is 5.67. The molecule has 0 spiro atoms. The van der Waals surface area contributed by atoms with E-state index in [4.69, 9.17) is 16.3 Å². The van der Waals surface area contributed by atoms with Crippen LogP contribution in [0.4, 0.5) is 20.2 Å². The third kappa shape index (κ3) is 4.18. The zero-order valence-electron chi connectivity index (χ0n) is 16.5. The van der Waals surface area contributed by atoms with Crippen LogP contribution in [-0.2, 0) is 7.05 Å². The number of pyridine rings is 1. The average Bonchev–Trinajstić information content (AvgIpc) is 3.27. The Balaban J connectivity index is 1.79. The summed E-state index contributed by atoms with van der Waals surface area (Å²) in [6.45, 7) is 1.82. The Bertz CT molecular complexity index is 1280. The molecule has 162 valence electrons. The number of imidazole rings is 1. The smallest absolute Gasteiger partial charge is 0.295 e. The molecule has 3 heterocycles. The Morgan fingerprint density at radius 1 is 1.19 bits per heavy atom. The van der Waals surface area contributed by atoms with Crippen molar-refractivity contribution in [1.29, 1.82) is 0 Å². The zero-order chi connectivity index (χ0) is 22.3. The molecular formula is C18H16ClF2IN7OP. The number of benzene rings is 1. The van der Waals surface area contributed by atoms with Crippen LogP contribution in [0.15, 0.2) is 24.3 Å². The summed E-state index contributed by atoms with van der Waals surface area (Å²) in [5, 5.41) is 7.63. The van der Waals surface area contributed by atoms with Crippen LogP contribution >= 0.6 is 40.0 Å². The molecule has 3 aromatic heterocycles. The summed E-state index contributed by atoms with van der Waals surface area (Å²) < 4.78 is 35.5. The molecule has 0 fully saturated rings. The highest BCUT2D eigenvalue weighted by atomic mass is 127. The number of aromatic nitrogens is 6. The summed E-state index contributed by atoms with van der Waals surface area (Å²) in [6, 6.07) is 7.04. The van der Waals surface area contributed by atoms with E-state index in [0.29, 0.717) is 39.9 Å². The lowest BCUT2D eigenvalue weighted by Crippen LogP contribution is -1.99. The first-order valence-electron chi connectivity index (χ1n) is 8.89. The van der Waals surface area contributed by atoms with E-state index in [1.165, 1.54) is 4.34 Å². The highest BCUT2D eigenvalue weighted by molar-refractivity contribution is 14.2. The molecule has 31 heavy (non-hydrogen) atoms. The van der Waals surface area contributed by atoms with Gasteiger partial charge in [0.05, 0.1) is 24.9 Å². The number of methoxy groups -OCH3 is 1. The Morgan fingerprint density at radius 2 is 1.97 bits per heavy atom. The second-order valence-corrected chi connectivity index (χ2v) is 8.95. The first-order chi connectivity index (χ1) is 14.8. The molecule has 0 radical (unpaired) electrons. The van der Waals surface area contributed by atoms with Gasteiger partial charge in [0.1, 0.15) is 22.2 Å². The summed E-state index contributed by atoms with van der Waals surface area (Å²) in [6.07, 6.45) is -2.73. The van der Waals surface area contributed by atoms with E-state index in [1.807, 2.05) is 54.2 Å². The molecule has 13 heteroatoms. The predicted molar refractivity (Wildman–Crippen MR) is 126 cm³/mol. The standard InChI is InChI=1S/C18H16ClF2IN7OP/c1-8-23-16(28(2)27-8)9-4-5-10(12(6-9)30-3)24-11-7-13(19)25-17-14(11)26-18(15(20)21)29(17)31-22/h4-7,15,31H,1-3H3,(H,24,25). The number of anilines is 2. The lowest BCUT2D eigenvalue weighted by Gasteiger charge is -2.13. The summed E-state index contributed by atoms with van der Waals surface area (Å²) in [4.78, 5) is 12.8. The molecule has 4 aromatic rings. The molecule has 0 saturated carbocycles. The average molecular weight is 578 g/mol. The summed E-state index contributed by atoms with van der Waals surface area (Å²) in [5.74, 6) is 1.54. The fraction of sp³-hybridized carbons (Fsp3) is 0.222. The molecule has 8 nitrogen and oxygen atoms in total. The Kier molecular flexibility index (Phi) is 6.27. The highest BCUT2D eigenvalue weighted by Gasteiger charge is 2.22. The highest BCUT2D eigenvalue weighted by Crippen LogP contribution is 2.39. The van der Waals surface area contributed by atoms with Crippen LogP contribution in [0.25, 0.3) is 22.6 Å². The van der Waals surface area contributed by atoms with Crippen LogP contribution < -0.4 is 10.1 Å². The maximum absolute atomic E-state index is 13.5. The van der Waals surface area contributed by atoms with Gasteiger partial charge in [-0.25, -0.2) is 28.4 Å². The molecular weight excluding hydrogens is 562 g/mol. The summed E-state index contributed by atoms with van der Waals surface area (Å²) in [7, 11) is 3.36. The van der Waals surface area contributed by atoms with Crippen molar-refractivity contribution >= 4 is 62.6 Å². The number of ether oxygens (including phenoxy) is 1. The van der Waals surface area contributed by atoms with Gasteiger partial charge >= 0.3 is 0 Å². The first-order valence-corrected chi connectivity index (χ1v) is 13.3. The van der Waals surface area contributed by atoms with E-state index in [-0.39, 0.29) is 17.4 Å². The second kappa shape index (κ2) is 8.79. The van der Waals surface area contributed by atoms with Gasteiger partial charge < -0.3 is 10.1 Å². The Morgan fingerprint density at radius 3 is 2.58 bits per heavy atom. The van der Waals surface area contributed by atoms with Gasteiger partial charge in [-0.15, -0.1) is 0 Å². The van der Waals surface area contributed by atoms with Gasteiger partial charge in [-0.3, -0.25) is 4.34 Å². The SMILES string of the molecule is COc1cc(-c2nc(C)nn2C)ccc1Nc1cc(Cl)nc2c1nc(C(F)F)n2PI. The number of hydrogen-bond donors (Lipinski definition) is 1. The molecule has 1 atom stereocenters. The third-order valence-electron chi connectivity index (χ3n) is 4.49. The van der Waals surface area contributed by atoms with Gasteiger partial charge in [0, 0.05) is 18.7 Å². The van der Waals surface area contributed by atoms with Crippen molar-refractivity contribution in [3.8, 4) is 17.1 Å². The van der Waals surface area contributed by atoms with E-state index in [2.05, 4.69) is 25.4 Å². The van der Waals surface area contributed by atoms with Crippen LogP contribution in [0, 0.1) is 6.92 Å². The van der Waals surface area contributed by atoms with E-state index in [9.17, 15) is 8.78 Å². The van der Waals surface area contributed by atoms with E-state index in [1.54, 1.807) is 17.9 Å². The minimum absolute atomic E-state index is 0.00348. The van der Waals surface area contributed by atoms with Crippen LogP contribution in [0.1, 0.15) is 18.1 Å². The van der Waals surface area contributed by atoms with Crippen molar-refractivity contribution < 1.29 is 13.5 Å². The zero-order valence-corrected chi connectivity index (χ0v) is 20.4. The molecule has 0 aliphatic carbocycles. The molecule has 0 saturated heterocycles. The molecule has 1 aromatic carbocycles. The Hall–Kier alpha value is -2.11. The normalized spacial score (nSPS) is 11.9. The van der Waals surface area contributed by atoms with Gasteiger partial charge in [0.2, 0.25) is 0 Å². The van der Waals surface area contributed by atoms with E-state index in [0.717, 1.165) is 5.56 Å². The van der Waals surface area contributed by atoms with Crippen LogP contribution in [0.3, 0.4) is 0 Å². The summed E-state index contributed by atoms with van der Waals surface area (Å²) in [5.41, 5.74) is 2.48. The molecule has 0 amide bonds. The van der Waals surface area contributed by atoms with Crippen LogP contribution in [-0.4, -0.2) is 36.2 Å². The second-order valence-electron chi connectivity index (χ2n) is 6.50. The maximum atomic E-state index is 13.5. The van der Waals surface area contributed by atoms with E-state index >= 15 is 0 Å². The molecule has 0 aliphatic rings. The number of fused-ring (bicyclic) bond motifs is 1. The minimum atomic E-state index is -2.73. The van der Waals surface area contributed by atoms with Gasteiger partial charge in [-0.05, 0) is 47.2 Å². The maximum Gasteiger partial charge on any atom is 0.295 e. The van der Waals surface area contributed by atoms with E-state index < -0.39 is 6.43 Å². The van der Waals surface area contributed by atoms with Crippen LogP contribution in [0.2, 0.25) is 5.15 Å². The monoisotopic (exact) mass is 577 g/mol. The number of alkyl halides is 2. The van der Waals surface area contributed by atoms with Crippen molar-refractivity contribution in [1.82, 2.24) is 29.1 Å². The fourth-order valence-corrected chi connectivity index (χ4v) is 5.29. The number of nitrogens with zero attached hydrogens (tertiary/aromatic N) is 6. The number of halogens is 4. The van der Waals surface area contributed by atoms with Crippen LogP contribution in [0.5, 0.6) is 5.75 Å². The molecule has 0 bridgehead atoms. The molecule has 4 rings (SSSR count). The quantitative estimate of drug-likeness (QED) is 0.181. The number of nitrogens with one attached hydrogen (secondary N) is 1. The lowest BCUT2D eigenvalue weighted by atomic mass is 10.1. The first kappa shape index (κ1) is 22.1. The van der Waals surface area contributed by atoms with Gasteiger partial charge in [0.25, 0.3) is 6.43 Å². The van der Waals surface area contributed by atoms with Crippen molar-refractivity contribution in [2.24, 2.45) is 7.05 Å². The molecule has 0 aliphatic heterocycles. The number of hydrogen-bond acceptors (Lipinski definition) is 6. The number of aryl methyl sites for hydroxylation is 2. The number of rotatable bonds is 6. The fourth-order valence-electron chi connectivity index (χ4n) is 3.20. The van der Waals surface area contributed by atoms with Crippen molar-refractivity contribution in [3.05, 3.63) is 41.1 Å². The van der Waals surface area contributed by atoms with Crippen molar-refractivity contribution in [3.63, 3.8) is 0 Å².